The number of hydrogen-bond donors (Lipinski definition) is 0. The number of carbonyl (C=O) groups is 1. The van der Waals surface area contributed by atoms with E-state index >= 15 is 0 Å². The average molecular weight is 316 g/mol. The third-order valence-electron chi connectivity index (χ3n) is 5.00. The number of amides is 1. The summed E-state index contributed by atoms with van der Waals surface area (Å²) in [6.45, 7) is 8.40. The third-order valence-corrected chi connectivity index (χ3v) is 5.00. The molecule has 2 fully saturated rings. The van der Waals surface area contributed by atoms with Crippen LogP contribution in [0.15, 0.2) is 18.2 Å². The van der Waals surface area contributed by atoms with Crippen LogP contribution in [0.1, 0.15) is 38.7 Å². The van der Waals surface area contributed by atoms with Crippen molar-refractivity contribution in [2.75, 3.05) is 31.6 Å². The zero-order chi connectivity index (χ0) is 16.4. The van der Waals surface area contributed by atoms with Crippen molar-refractivity contribution in [1.29, 1.82) is 0 Å². The Hall–Kier alpha value is -1.71. The van der Waals surface area contributed by atoms with Crippen LogP contribution in [0.4, 0.5) is 5.69 Å². The highest BCUT2D eigenvalue weighted by Crippen LogP contribution is 2.34. The van der Waals surface area contributed by atoms with Gasteiger partial charge in [0.1, 0.15) is 5.75 Å². The van der Waals surface area contributed by atoms with Gasteiger partial charge in [-0.3, -0.25) is 4.79 Å². The second-order valence-electron chi connectivity index (χ2n) is 7.28. The number of anilines is 1. The third kappa shape index (κ3) is 3.62. The molecule has 0 spiro atoms. The maximum absolute atomic E-state index is 11.9. The standard InChI is InChI=1S/C19H28N2O2/c1-14-9-15(2)12-21(11-14)17-10-16(6-7-18(17)23-3)13-20-8-4-5-19(20)22/h6-7,10,14-15H,4-5,8-9,11-13H2,1-3H3/t14-,15+. The van der Waals surface area contributed by atoms with Gasteiger partial charge in [0, 0.05) is 32.6 Å². The number of benzene rings is 1. The Bertz CT molecular complexity index is 562. The number of methoxy groups -OCH3 is 1. The first kappa shape index (κ1) is 16.2. The normalized spacial score (nSPS) is 25.1. The van der Waals surface area contributed by atoms with E-state index < -0.39 is 0 Å². The lowest BCUT2D eigenvalue weighted by Crippen LogP contribution is -2.39. The van der Waals surface area contributed by atoms with E-state index in [-0.39, 0.29) is 5.91 Å². The van der Waals surface area contributed by atoms with Crippen molar-refractivity contribution in [2.45, 2.75) is 39.7 Å². The molecule has 2 aliphatic heterocycles. The highest BCUT2D eigenvalue weighted by molar-refractivity contribution is 5.78. The Kier molecular flexibility index (Phi) is 4.79. The summed E-state index contributed by atoms with van der Waals surface area (Å²) in [4.78, 5) is 16.3. The smallest absolute Gasteiger partial charge is 0.222 e. The molecular weight excluding hydrogens is 288 g/mol. The molecule has 0 unspecified atom stereocenters. The predicted octanol–water partition coefficient (Wildman–Crippen LogP) is 3.30. The number of hydrogen-bond acceptors (Lipinski definition) is 3. The molecule has 0 bridgehead atoms. The molecule has 1 amide bonds. The first-order valence-corrected chi connectivity index (χ1v) is 8.76. The molecule has 126 valence electrons. The lowest BCUT2D eigenvalue weighted by atomic mass is 9.91. The summed E-state index contributed by atoms with van der Waals surface area (Å²) in [7, 11) is 1.74. The lowest BCUT2D eigenvalue weighted by Gasteiger charge is -2.37. The summed E-state index contributed by atoms with van der Waals surface area (Å²) >= 11 is 0. The molecule has 2 aliphatic rings. The maximum atomic E-state index is 11.9. The van der Waals surface area contributed by atoms with Crippen LogP contribution < -0.4 is 9.64 Å². The molecule has 3 rings (SSSR count). The SMILES string of the molecule is COc1ccc(CN2CCCC2=O)cc1N1C[C@H](C)C[C@H](C)C1. The molecule has 1 aromatic rings. The van der Waals surface area contributed by atoms with Gasteiger partial charge in [0.05, 0.1) is 12.8 Å². The first-order valence-electron chi connectivity index (χ1n) is 8.76. The summed E-state index contributed by atoms with van der Waals surface area (Å²) in [5.74, 6) is 2.62. The van der Waals surface area contributed by atoms with Crippen LogP contribution in [0.5, 0.6) is 5.75 Å². The van der Waals surface area contributed by atoms with E-state index in [1.165, 1.54) is 17.7 Å². The van der Waals surface area contributed by atoms with Gasteiger partial charge in [0.15, 0.2) is 0 Å². The summed E-state index contributed by atoms with van der Waals surface area (Å²) in [5.41, 5.74) is 2.37. The van der Waals surface area contributed by atoms with Crippen LogP contribution in [0, 0.1) is 11.8 Å². The number of nitrogens with zero attached hydrogens (tertiary/aromatic N) is 2. The highest BCUT2D eigenvalue weighted by Gasteiger charge is 2.25. The number of rotatable bonds is 4. The van der Waals surface area contributed by atoms with E-state index in [0.717, 1.165) is 38.3 Å². The fourth-order valence-corrected chi connectivity index (χ4v) is 4.03. The molecule has 0 saturated carbocycles. The number of carbonyl (C=O) groups excluding carboxylic acids is 1. The Morgan fingerprint density at radius 1 is 1.22 bits per heavy atom. The highest BCUT2D eigenvalue weighted by atomic mass is 16.5. The Labute approximate surface area is 139 Å². The van der Waals surface area contributed by atoms with E-state index in [9.17, 15) is 4.79 Å². The van der Waals surface area contributed by atoms with Gasteiger partial charge in [0.2, 0.25) is 5.91 Å². The fourth-order valence-electron chi connectivity index (χ4n) is 4.03. The van der Waals surface area contributed by atoms with Crippen LogP contribution in [0.25, 0.3) is 0 Å². The van der Waals surface area contributed by atoms with Crippen molar-refractivity contribution < 1.29 is 9.53 Å². The molecule has 2 heterocycles. The van der Waals surface area contributed by atoms with Crippen molar-refractivity contribution in [3.05, 3.63) is 23.8 Å². The molecule has 4 nitrogen and oxygen atoms in total. The van der Waals surface area contributed by atoms with Crippen molar-refractivity contribution >= 4 is 11.6 Å². The molecular formula is C19H28N2O2. The number of ether oxygens (including phenoxy) is 1. The Balaban J connectivity index is 1.82. The van der Waals surface area contributed by atoms with Crippen LogP contribution in [0.3, 0.4) is 0 Å². The second-order valence-corrected chi connectivity index (χ2v) is 7.28. The molecule has 4 heteroatoms. The van der Waals surface area contributed by atoms with Gasteiger partial charge in [-0.15, -0.1) is 0 Å². The predicted molar refractivity (Wildman–Crippen MR) is 92.8 cm³/mol. The van der Waals surface area contributed by atoms with E-state index in [1.807, 2.05) is 4.90 Å². The fraction of sp³-hybridized carbons (Fsp3) is 0.632. The summed E-state index contributed by atoms with van der Waals surface area (Å²) in [6, 6.07) is 6.36. The van der Waals surface area contributed by atoms with Gasteiger partial charge in [-0.25, -0.2) is 0 Å². The molecule has 0 aromatic heterocycles. The molecule has 2 saturated heterocycles. The number of piperidine rings is 1. The topological polar surface area (TPSA) is 32.8 Å². The van der Waals surface area contributed by atoms with Gasteiger partial charge in [-0.05, 0) is 42.4 Å². The Morgan fingerprint density at radius 2 is 1.96 bits per heavy atom. The molecule has 1 aromatic carbocycles. The summed E-state index contributed by atoms with van der Waals surface area (Å²) in [6.07, 6.45) is 2.98. The van der Waals surface area contributed by atoms with Gasteiger partial charge in [-0.2, -0.15) is 0 Å². The largest absolute Gasteiger partial charge is 0.495 e. The van der Waals surface area contributed by atoms with E-state index in [1.54, 1.807) is 7.11 Å². The molecule has 23 heavy (non-hydrogen) atoms. The molecule has 0 N–H and O–H groups in total. The minimum Gasteiger partial charge on any atom is -0.495 e. The zero-order valence-electron chi connectivity index (χ0n) is 14.5. The average Bonchev–Trinajstić information content (AvgIpc) is 2.91. The maximum Gasteiger partial charge on any atom is 0.222 e. The monoisotopic (exact) mass is 316 g/mol. The number of likely N-dealkylation sites (tertiary alicyclic amines) is 1. The zero-order valence-corrected chi connectivity index (χ0v) is 14.5. The second kappa shape index (κ2) is 6.81. The van der Waals surface area contributed by atoms with Crippen LogP contribution >= 0.6 is 0 Å². The molecule has 2 atom stereocenters. The first-order chi connectivity index (χ1) is 11.1. The van der Waals surface area contributed by atoms with Gasteiger partial charge < -0.3 is 14.5 Å². The van der Waals surface area contributed by atoms with Gasteiger partial charge >= 0.3 is 0 Å². The summed E-state index contributed by atoms with van der Waals surface area (Å²) < 4.78 is 5.59. The summed E-state index contributed by atoms with van der Waals surface area (Å²) in [5, 5.41) is 0. The minimum absolute atomic E-state index is 0.280. The van der Waals surface area contributed by atoms with Crippen LogP contribution in [-0.2, 0) is 11.3 Å². The van der Waals surface area contributed by atoms with E-state index in [4.69, 9.17) is 4.74 Å². The van der Waals surface area contributed by atoms with E-state index in [2.05, 4.69) is 36.9 Å². The van der Waals surface area contributed by atoms with E-state index in [0.29, 0.717) is 18.3 Å². The van der Waals surface area contributed by atoms with Crippen LogP contribution in [0.2, 0.25) is 0 Å². The quantitative estimate of drug-likeness (QED) is 0.854. The van der Waals surface area contributed by atoms with Crippen molar-refractivity contribution in [1.82, 2.24) is 4.90 Å². The van der Waals surface area contributed by atoms with Gasteiger partial charge in [-0.1, -0.05) is 19.9 Å². The molecule has 0 aliphatic carbocycles. The van der Waals surface area contributed by atoms with Crippen LogP contribution in [-0.4, -0.2) is 37.6 Å². The van der Waals surface area contributed by atoms with Gasteiger partial charge in [0.25, 0.3) is 0 Å². The Morgan fingerprint density at radius 3 is 2.57 bits per heavy atom. The lowest BCUT2D eigenvalue weighted by molar-refractivity contribution is -0.128. The molecule has 0 radical (unpaired) electrons. The van der Waals surface area contributed by atoms with Crippen molar-refractivity contribution in [3.8, 4) is 5.75 Å². The van der Waals surface area contributed by atoms with Crippen molar-refractivity contribution in [2.24, 2.45) is 11.8 Å². The minimum atomic E-state index is 0.280. The van der Waals surface area contributed by atoms with Crippen molar-refractivity contribution in [3.63, 3.8) is 0 Å².